The van der Waals surface area contributed by atoms with Gasteiger partial charge in [-0.3, -0.25) is 10.00 Å². The fraction of sp³-hybridized carbons (Fsp3) is 0.375. The first-order chi connectivity index (χ1) is 10.0. The normalized spacial score (nSPS) is 11.7. The molecule has 0 fully saturated rings. The Hall–Kier alpha value is -2.14. The van der Waals surface area contributed by atoms with Crippen molar-refractivity contribution in [2.24, 2.45) is 0 Å². The molecule has 0 aliphatic rings. The van der Waals surface area contributed by atoms with Gasteiger partial charge in [-0.15, -0.1) is 0 Å². The van der Waals surface area contributed by atoms with Crippen LogP contribution in [-0.4, -0.2) is 31.5 Å². The van der Waals surface area contributed by atoms with E-state index in [4.69, 9.17) is 0 Å². The molecule has 0 amide bonds. The molecule has 0 aliphatic heterocycles. The fourth-order valence-corrected chi connectivity index (χ4v) is 2.65. The number of hydrogen-bond donors (Lipinski definition) is 1. The maximum absolute atomic E-state index is 4.65. The summed E-state index contributed by atoms with van der Waals surface area (Å²) in [7, 11) is 2.11. The Morgan fingerprint density at radius 2 is 2.00 bits per heavy atom. The predicted octanol–water partition coefficient (Wildman–Crippen LogP) is 2.61. The Bertz CT molecular complexity index is 768. The summed E-state index contributed by atoms with van der Waals surface area (Å²) in [6, 6.07) is 6.32. The zero-order valence-corrected chi connectivity index (χ0v) is 13.0. The lowest BCUT2D eigenvalue weighted by atomic mass is 10.3. The number of aromatic nitrogens is 4. The minimum absolute atomic E-state index is 0.822. The van der Waals surface area contributed by atoms with Crippen LogP contribution in [0.3, 0.4) is 0 Å². The van der Waals surface area contributed by atoms with E-state index in [1.807, 2.05) is 6.92 Å². The number of aromatic amines is 1. The molecule has 0 saturated heterocycles. The Morgan fingerprint density at radius 3 is 2.71 bits per heavy atom. The molecular formula is C16H21N5. The standard InChI is InChI=1S/C16H21N5/c1-11-5-6-21-15(13(3)17-16(21)7-11)10-20(4)9-14-8-12(2)18-19-14/h5-8H,9-10H2,1-4H3,(H,18,19). The largest absolute Gasteiger partial charge is 0.302 e. The lowest BCUT2D eigenvalue weighted by Crippen LogP contribution is -2.19. The van der Waals surface area contributed by atoms with E-state index in [0.29, 0.717) is 0 Å². The van der Waals surface area contributed by atoms with E-state index >= 15 is 0 Å². The highest BCUT2D eigenvalue weighted by Crippen LogP contribution is 2.16. The van der Waals surface area contributed by atoms with Crippen molar-refractivity contribution in [1.82, 2.24) is 24.5 Å². The maximum atomic E-state index is 4.65. The maximum Gasteiger partial charge on any atom is 0.137 e. The van der Waals surface area contributed by atoms with Gasteiger partial charge in [0.15, 0.2) is 0 Å². The summed E-state index contributed by atoms with van der Waals surface area (Å²) in [4.78, 5) is 6.91. The average molecular weight is 283 g/mol. The van der Waals surface area contributed by atoms with Gasteiger partial charge in [-0.05, 0) is 51.6 Å². The topological polar surface area (TPSA) is 49.2 Å². The van der Waals surface area contributed by atoms with Crippen LogP contribution in [0.2, 0.25) is 0 Å². The SMILES string of the molecule is Cc1ccn2c(CN(C)Cc3cc(C)[nH]n3)c(C)nc2c1. The summed E-state index contributed by atoms with van der Waals surface area (Å²) in [6.45, 7) is 7.86. The third-order valence-corrected chi connectivity index (χ3v) is 3.69. The van der Waals surface area contributed by atoms with Crippen LogP contribution in [0.15, 0.2) is 24.4 Å². The molecule has 3 aromatic heterocycles. The highest BCUT2D eigenvalue weighted by molar-refractivity contribution is 5.45. The molecule has 3 rings (SSSR count). The molecule has 0 aromatic carbocycles. The highest BCUT2D eigenvalue weighted by atomic mass is 15.2. The molecule has 5 nitrogen and oxygen atoms in total. The van der Waals surface area contributed by atoms with Crippen LogP contribution in [0.1, 0.15) is 28.3 Å². The summed E-state index contributed by atoms with van der Waals surface area (Å²) < 4.78 is 2.18. The number of H-pyrrole nitrogens is 1. The molecule has 0 saturated carbocycles. The number of pyridine rings is 1. The van der Waals surface area contributed by atoms with Gasteiger partial charge in [-0.1, -0.05) is 0 Å². The van der Waals surface area contributed by atoms with Crippen molar-refractivity contribution in [3.05, 3.63) is 52.7 Å². The van der Waals surface area contributed by atoms with E-state index in [-0.39, 0.29) is 0 Å². The number of fused-ring (bicyclic) bond motifs is 1. The number of imidazole rings is 1. The van der Waals surface area contributed by atoms with Gasteiger partial charge in [0, 0.05) is 25.0 Å². The van der Waals surface area contributed by atoms with Gasteiger partial charge in [-0.2, -0.15) is 5.10 Å². The molecule has 3 aromatic rings. The first-order valence-electron chi connectivity index (χ1n) is 7.16. The minimum Gasteiger partial charge on any atom is -0.302 e. The van der Waals surface area contributed by atoms with Crippen molar-refractivity contribution in [1.29, 1.82) is 0 Å². The van der Waals surface area contributed by atoms with E-state index in [9.17, 15) is 0 Å². The van der Waals surface area contributed by atoms with E-state index in [0.717, 1.165) is 35.8 Å². The third-order valence-electron chi connectivity index (χ3n) is 3.69. The van der Waals surface area contributed by atoms with Crippen LogP contribution >= 0.6 is 0 Å². The Morgan fingerprint density at radius 1 is 1.19 bits per heavy atom. The van der Waals surface area contributed by atoms with Crippen molar-refractivity contribution >= 4 is 5.65 Å². The average Bonchev–Trinajstić information content (AvgIpc) is 2.94. The van der Waals surface area contributed by atoms with Crippen LogP contribution in [0, 0.1) is 20.8 Å². The van der Waals surface area contributed by atoms with E-state index in [1.54, 1.807) is 0 Å². The van der Waals surface area contributed by atoms with Gasteiger partial charge in [0.1, 0.15) is 5.65 Å². The predicted molar refractivity (Wildman–Crippen MR) is 83.2 cm³/mol. The van der Waals surface area contributed by atoms with Gasteiger partial charge in [0.2, 0.25) is 0 Å². The van der Waals surface area contributed by atoms with Gasteiger partial charge in [-0.25, -0.2) is 4.98 Å². The van der Waals surface area contributed by atoms with Gasteiger partial charge in [0.25, 0.3) is 0 Å². The molecule has 21 heavy (non-hydrogen) atoms. The lowest BCUT2D eigenvalue weighted by Gasteiger charge is -2.15. The van der Waals surface area contributed by atoms with Crippen LogP contribution < -0.4 is 0 Å². The summed E-state index contributed by atoms with van der Waals surface area (Å²) in [5.74, 6) is 0. The molecule has 110 valence electrons. The molecule has 0 radical (unpaired) electrons. The van der Waals surface area contributed by atoms with E-state index in [2.05, 4.69) is 69.8 Å². The zero-order valence-electron chi connectivity index (χ0n) is 13.0. The molecule has 0 bridgehead atoms. The van der Waals surface area contributed by atoms with Gasteiger partial charge >= 0.3 is 0 Å². The number of nitrogens with one attached hydrogen (secondary N) is 1. The van der Waals surface area contributed by atoms with E-state index in [1.165, 1.54) is 11.3 Å². The van der Waals surface area contributed by atoms with Crippen LogP contribution in [0.4, 0.5) is 0 Å². The molecule has 0 unspecified atom stereocenters. The van der Waals surface area contributed by atoms with Crippen LogP contribution in [-0.2, 0) is 13.1 Å². The van der Waals surface area contributed by atoms with Crippen LogP contribution in [0.5, 0.6) is 0 Å². The van der Waals surface area contributed by atoms with Crippen molar-refractivity contribution in [2.45, 2.75) is 33.9 Å². The van der Waals surface area contributed by atoms with Gasteiger partial charge in [0.05, 0.1) is 17.1 Å². The fourth-order valence-electron chi connectivity index (χ4n) is 2.65. The second-order valence-corrected chi connectivity index (χ2v) is 5.79. The summed E-state index contributed by atoms with van der Waals surface area (Å²) in [6.07, 6.45) is 2.10. The number of rotatable bonds is 4. The number of aryl methyl sites for hydroxylation is 3. The second kappa shape index (κ2) is 5.33. The highest BCUT2D eigenvalue weighted by Gasteiger charge is 2.12. The molecule has 5 heteroatoms. The summed E-state index contributed by atoms with van der Waals surface area (Å²) in [5.41, 5.74) is 6.74. The molecule has 3 heterocycles. The molecule has 0 aliphatic carbocycles. The lowest BCUT2D eigenvalue weighted by molar-refractivity contribution is 0.309. The second-order valence-electron chi connectivity index (χ2n) is 5.79. The summed E-state index contributed by atoms with van der Waals surface area (Å²) >= 11 is 0. The van der Waals surface area contributed by atoms with Gasteiger partial charge < -0.3 is 4.40 Å². The van der Waals surface area contributed by atoms with Crippen LogP contribution in [0.25, 0.3) is 5.65 Å². The van der Waals surface area contributed by atoms with Crippen molar-refractivity contribution in [2.75, 3.05) is 7.05 Å². The van der Waals surface area contributed by atoms with E-state index < -0.39 is 0 Å². The molecule has 0 spiro atoms. The Kier molecular flexibility index (Phi) is 3.51. The quantitative estimate of drug-likeness (QED) is 0.800. The monoisotopic (exact) mass is 283 g/mol. The number of nitrogens with zero attached hydrogens (tertiary/aromatic N) is 4. The molecule has 1 N–H and O–H groups in total. The van der Waals surface area contributed by atoms with Crippen molar-refractivity contribution < 1.29 is 0 Å². The molecular weight excluding hydrogens is 262 g/mol. The Labute approximate surface area is 124 Å². The third kappa shape index (κ3) is 2.83. The number of hydrogen-bond acceptors (Lipinski definition) is 3. The first kappa shape index (κ1) is 13.8. The van der Waals surface area contributed by atoms with Crippen molar-refractivity contribution in [3.63, 3.8) is 0 Å². The minimum atomic E-state index is 0.822. The Balaban J connectivity index is 1.82. The zero-order chi connectivity index (χ0) is 15.0. The smallest absolute Gasteiger partial charge is 0.137 e. The summed E-state index contributed by atoms with van der Waals surface area (Å²) in [5, 5.41) is 7.28. The van der Waals surface area contributed by atoms with Crippen molar-refractivity contribution in [3.8, 4) is 0 Å². The first-order valence-corrected chi connectivity index (χ1v) is 7.16. The molecule has 0 atom stereocenters.